The first kappa shape index (κ1) is 29.6. The molecule has 0 spiro atoms. The Morgan fingerprint density at radius 3 is 2.30 bits per heavy atom. The van der Waals surface area contributed by atoms with Crippen LogP contribution in [0.1, 0.15) is 5.69 Å². The Balaban J connectivity index is 1.41. The van der Waals surface area contributed by atoms with Gasteiger partial charge >= 0.3 is 24.3 Å². The van der Waals surface area contributed by atoms with E-state index in [2.05, 4.69) is 9.88 Å². The van der Waals surface area contributed by atoms with Gasteiger partial charge in [-0.05, 0) is 52.7 Å². The van der Waals surface area contributed by atoms with Gasteiger partial charge in [-0.15, -0.1) is 0 Å². The summed E-state index contributed by atoms with van der Waals surface area (Å²) in [5.74, 6) is -5.57. The van der Waals surface area contributed by atoms with Gasteiger partial charge in [0.2, 0.25) is 0 Å². The number of piperazine rings is 1. The van der Waals surface area contributed by atoms with Crippen molar-refractivity contribution in [3.8, 4) is 16.9 Å². The van der Waals surface area contributed by atoms with E-state index in [0.29, 0.717) is 36.5 Å². The molecule has 2 aromatic carbocycles. The Morgan fingerprint density at radius 2 is 1.61 bits per heavy atom. The molecular weight excluding hydrogens is 614 g/mol. The van der Waals surface area contributed by atoms with Gasteiger partial charge in [-0.3, -0.25) is 4.90 Å². The molecule has 230 valence electrons. The van der Waals surface area contributed by atoms with Crippen LogP contribution in [0.5, 0.6) is 5.75 Å². The number of thiophene rings is 1. The largest absolute Gasteiger partial charge is 0.493 e. The summed E-state index contributed by atoms with van der Waals surface area (Å²) in [5, 5.41) is 4.26. The molecule has 0 atom stereocenters. The van der Waals surface area contributed by atoms with Gasteiger partial charge in [-0.25, -0.2) is 9.59 Å². The number of anilines is 1. The molecule has 1 fully saturated rings. The molecule has 0 amide bonds. The molecule has 4 heterocycles. The van der Waals surface area contributed by atoms with Gasteiger partial charge in [-0.1, -0.05) is 12.1 Å². The fourth-order valence-electron chi connectivity index (χ4n) is 5.38. The molecule has 1 aliphatic heterocycles. The summed E-state index contributed by atoms with van der Waals surface area (Å²) >= 11 is 1.24. The summed E-state index contributed by atoms with van der Waals surface area (Å²) in [5.41, 5.74) is 2.51. The number of hydrogen-bond acceptors (Lipinski definition) is 7. The number of hydrogen-bond donors (Lipinski definition) is 1. The van der Waals surface area contributed by atoms with E-state index in [4.69, 9.17) is 9.57 Å². The highest BCUT2D eigenvalue weighted by molar-refractivity contribution is 7.08. The number of nitrogens with zero attached hydrogens (tertiary/aromatic N) is 3. The van der Waals surface area contributed by atoms with Gasteiger partial charge in [0.25, 0.3) is 0 Å². The number of aromatic nitrogens is 2. The van der Waals surface area contributed by atoms with Crippen LogP contribution >= 0.6 is 11.3 Å². The van der Waals surface area contributed by atoms with E-state index in [1.165, 1.54) is 23.5 Å². The summed E-state index contributed by atoms with van der Waals surface area (Å²) < 4.78 is 84.9. The van der Waals surface area contributed by atoms with Crippen LogP contribution in [-0.4, -0.2) is 65.1 Å². The van der Waals surface area contributed by atoms with Crippen LogP contribution in [-0.2, 0) is 16.1 Å². The third-order valence-corrected chi connectivity index (χ3v) is 8.00. The highest BCUT2D eigenvalue weighted by Gasteiger charge is 2.44. The fourth-order valence-corrected chi connectivity index (χ4v) is 6.02. The number of carbonyl (C=O) groups excluding carboxylic acids is 2. The zero-order valence-electron chi connectivity index (χ0n) is 22.5. The minimum absolute atomic E-state index is 0.0279. The van der Waals surface area contributed by atoms with E-state index in [0.717, 1.165) is 22.7 Å². The second-order valence-corrected chi connectivity index (χ2v) is 10.8. The Labute approximate surface area is 248 Å². The topological polar surface area (TPSA) is 79.8 Å². The normalized spacial score (nSPS) is 14.8. The summed E-state index contributed by atoms with van der Waals surface area (Å²) in [6.45, 7) is 2.03. The Morgan fingerprint density at radius 1 is 0.886 bits per heavy atom. The van der Waals surface area contributed by atoms with E-state index in [1.54, 1.807) is 16.8 Å². The minimum atomic E-state index is -5.36. The second-order valence-electron chi connectivity index (χ2n) is 10.0. The molecule has 1 saturated heterocycles. The van der Waals surface area contributed by atoms with Gasteiger partial charge in [0.15, 0.2) is 0 Å². The second kappa shape index (κ2) is 11.2. The van der Waals surface area contributed by atoms with Crippen LogP contribution in [0.15, 0.2) is 65.5 Å². The highest BCUT2D eigenvalue weighted by Crippen LogP contribution is 2.42. The average molecular weight is 637 g/mol. The van der Waals surface area contributed by atoms with E-state index in [1.807, 2.05) is 35.4 Å². The molecule has 6 rings (SSSR count). The number of carbonyl (C=O) groups is 2. The highest BCUT2D eigenvalue weighted by atomic mass is 32.1. The molecule has 0 saturated carbocycles. The predicted octanol–water partition coefficient (Wildman–Crippen LogP) is 6.16. The number of benzene rings is 2. The zero-order valence-corrected chi connectivity index (χ0v) is 23.4. The van der Waals surface area contributed by atoms with Crippen LogP contribution < -0.4 is 14.5 Å². The van der Waals surface area contributed by atoms with Gasteiger partial charge in [0.05, 0.1) is 16.6 Å². The molecule has 5 aromatic rings. The first-order chi connectivity index (χ1) is 20.9. The Bertz CT molecular complexity index is 1840. The summed E-state index contributed by atoms with van der Waals surface area (Å²) in [6, 6.07) is 13.1. The minimum Gasteiger partial charge on any atom is -0.419 e. The van der Waals surface area contributed by atoms with Gasteiger partial charge in [0, 0.05) is 61.1 Å². The number of aromatic amines is 1. The average Bonchev–Trinajstić information content (AvgIpc) is 3.73. The number of H-pyrrole nitrogens is 1. The predicted molar refractivity (Wildman–Crippen MR) is 150 cm³/mol. The molecule has 8 nitrogen and oxygen atoms in total. The van der Waals surface area contributed by atoms with Crippen LogP contribution in [0.25, 0.3) is 32.9 Å². The van der Waals surface area contributed by atoms with E-state index in [-0.39, 0.29) is 28.7 Å². The molecular formula is C29H22F6N4O4S. The van der Waals surface area contributed by atoms with Crippen molar-refractivity contribution < 1.29 is 45.5 Å². The lowest BCUT2D eigenvalue weighted by Gasteiger charge is -2.36. The van der Waals surface area contributed by atoms with Crippen molar-refractivity contribution in [2.45, 2.75) is 18.9 Å². The van der Waals surface area contributed by atoms with Crippen molar-refractivity contribution in [3.63, 3.8) is 0 Å². The molecule has 0 aliphatic carbocycles. The molecule has 44 heavy (non-hydrogen) atoms. The van der Waals surface area contributed by atoms with Crippen LogP contribution in [0.4, 0.5) is 32.0 Å². The molecule has 0 unspecified atom stereocenters. The molecule has 1 N–H and O–H groups in total. The standard InChI is InChI=1S/C29H22F6N4O4S/c30-28(31,32)26(40)42-23-6-2-5-21-25(23)24(17-8-14-44-16-17)22(39(21)43-27(41)29(33,34)35)15-37-10-12-38(13-11-37)20-4-1-3-19-18(20)7-9-36-19/h1-9,14,16,36H,10-13,15H2. The number of fused-ring (bicyclic) bond motifs is 2. The lowest BCUT2D eigenvalue weighted by molar-refractivity contribution is -0.199. The fraction of sp³-hybridized carbons (Fsp3) is 0.241. The Hall–Kier alpha value is -4.50. The van der Waals surface area contributed by atoms with E-state index >= 15 is 0 Å². The van der Waals surface area contributed by atoms with Crippen LogP contribution in [0.3, 0.4) is 0 Å². The molecule has 0 bridgehead atoms. The van der Waals surface area contributed by atoms with Gasteiger partial charge in [-0.2, -0.15) is 42.4 Å². The SMILES string of the molecule is O=C(Oc1cccc2c1c(-c1ccsc1)c(CN1CCN(c3cccc4[nH]ccc34)CC1)n2OC(=O)C(F)(F)F)C(F)(F)F. The summed E-state index contributed by atoms with van der Waals surface area (Å²) in [4.78, 5) is 36.0. The maximum atomic E-state index is 13.4. The molecule has 3 aromatic heterocycles. The smallest absolute Gasteiger partial charge is 0.419 e. The third-order valence-electron chi connectivity index (χ3n) is 7.31. The van der Waals surface area contributed by atoms with Crippen molar-refractivity contribution in [1.29, 1.82) is 0 Å². The maximum absolute atomic E-state index is 13.4. The number of rotatable bonds is 6. The van der Waals surface area contributed by atoms with E-state index < -0.39 is 30.0 Å². The summed E-state index contributed by atoms with van der Waals surface area (Å²) in [7, 11) is 0. The molecule has 0 radical (unpaired) electrons. The molecule has 15 heteroatoms. The first-order valence-corrected chi connectivity index (χ1v) is 14.2. The lowest BCUT2D eigenvalue weighted by Crippen LogP contribution is -2.46. The van der Waals surface area contributed by atoms with Crippen LogP contribution in [0.2, 0.25) is 0 Å². The Kier molecular flexibility index (Phi) is 7.53. The monoisotopic (exact) mass is 636 g/mol. The van der Waals surface area contributed by atoms with Crippen molar-refractivity contribution in [1.82, 2.24) is 14.6 Å². The van der Waals surface area contributed by atoms with Gasteiger partial charge < -0.3 is 19.5 Å². The number of ether oxygens (including phenoxy) is 1. The lowest BCUT2D eigenvalue weighted by atomic mass is 10.0. The zero-order chi connectivity index (χ0) is 31.2. The summed E-state index contributed by atoms with van der Waals surface area (Å²) in [6.07, 6.45) is -8.84. The number of esters is 1. The third kappa shape index (κ3) is 5.59. The first-order valence-electron chi connectivity index (χ1n) is 13.2. The quantitative estimate of drug-likeness (QED) is 0.137. The number of halogens is 6. The van der Waals surface area contributed by atoms with E-state index in [9.17, 15) is 35.9 Å². The van der Waals surface area contributed by atoms with Crippen molar-refractivity contribution in [3.05, 3.63) is 71.2 Å². The maximum Gasteiger partial charge on any atom is 0.493 e. The number of nitrogens with one attached hydrogen (secondary N) is 1. The van der Waals surface area contributed by atoms with Crippen molar-refractivity contribution >= 4 is 50.8 Å². The van der Waals surface area contributed by atoms with Crippen LogP contribution in [0, 0.1) is 0 Å². The van der Waals surface area contributed by atoms with Crippen molar-refractivity contribution in [2.24, 2.45) is 0 Å². The van der Waals surface area contributed by atoms with Gasteiger partial charge in [0.1, 0.15) is 5.75 Å². The number of alkyl halides is 6. The molecule has 1 aliphatic rings. The van der Waals surface area contributed by atoms with Crippen molar-refractivity contribution in [2.75, 3.05) is 31.1 Å².